The third kappa shape index (κ3) is 6.29. The van der Waals surface area contributed by atoms with Crippen molar-refractivity contribution in [2.75, 3.05) is 37.8 Å². The molecule has 1 aliphatic rings. The second-order valence-corrected chi connectivity index (χ2v) is 7.69. The average Bonchev–Trinajstić information content (AvgIpc) is 2.79. The van der Waals surface area contributed by atoms with Gasteiger partial charge in [0.2, 0.25) is 11.8 Å². The summed E-state index contributed by atoms with van der Waals surface area (Å²) in [6, 6.07) is 11.0. The minimum Gasteiger partial charge on any atom is -0.490 e. The average molecular weight is 461 g/mol. The number of hydrogen-bond acceptors (Lipinski definition) is 5. The highest BCUT2D eigenvalue weighted by molar-refractivity contribution is 6.31. The van der Waals surface area contributed by atoms with Crippen LogP contribution >= 0.6 is 11.6 Å². The summed E-state index contributed by atoms with van der Waals surface area (Å²) in [7, 11) is 0. The van der Waals surface area contributed by atoms with Crippen molar-refractivity contribution in [1.82, 2.24) is 5.32 Å². The van der Waals surface area contributed by atoms with E-state index in [1.165, 1.54) is 0 Å². The molecule has 0 aliphatic carbocycles. The predicted molar refractivity (Wildman–Crippen MR) is 124 cm³/mol. The SMILES string of the molecule is CCOc1ccc(CCNC(=O)CCC(=O)N2CCOc3ccc(Cl)cc32)cc1OCC. The molecule has 0 fully saturated rings. The normalized spacial score (nSPS) is 12.5. The summed E-state index contributed by atoms with van der Waals surface area (Å²) < 4.78 is 16.8. The van der Waals surface area contributed by atoms with Crippen molar-refractivity contribution in [3.63, 3.8) is 0 Å². The molecule has 0 unspecified atom stereocenters. The zero-order valence-corrected chi connectivity index (χ0v) is 19.2. The van der Waals surface area contributed by atoms with E-state index in [9.17, 15) is 9.59 Å². The highest BCUT2D eigenvalue weighted by Gasteiger charge is 2.24. The van der Waals surface area contributed by atoms with Gasteiger partial charge < -0.3 is 24.4 Å². The molecular formula is C24H29ClN2O5. The lowest BCUT2D eigenvalue weighted by Gasteiger charge is -2.29. The maximum atomic E-state index is 12.7. The number of halogens is 1. The van der Waals surface area contributed by atoms with Crippen molar-refractivity contribution in [2.45, 2.75) is 33.1 Å². The summed E-state index contributed by atoms with van der Waals surface area (Å²) in [5, 5.41) is 3.42. The predicted octanol–water partition coefficient (Wildman–Crippen LogP) is 4.00. The van der Waals surface area contributed by atoms with E-state index in [0.29, 0.717) is 67.3 Å². The van der Waals surface area contributed by atoms with Crippen molar-refractivity contribution in [2.24, 2.45) is 0 Å². The summed E-state index contributed by atoms with van der Waals surface area (Å²) in [6.07, 6.45) is 0.899. The van der Waals surface area contributed by atoms with Gasteiger partial charge in [-0.05, 0) is 56.2 Å². The van der Waals surface area contributed by atoms with Gasteiger partial charge >= 0.3 is 0 Å². The van der Waals surface area contributed by atoms with Crippen LogP contribution in [-0.4, -0.2) is 44.7 Å². The third-order valence-electron chi connectivity index (χ3n) is 4.99. The van der Waals surface area contributed by atoms with E-state index in [4.69, 9.17) is 25.8 Å². The number of carbonyl (C=O) groups excluding carboxylic acids is 2. The number of rotatable bonds is 10. The number of nitrogens with zero attached hydrogens (tertiary/aromatic N) is 1. The van der Waals surface area contributed by atoms with E-state index >= 15 is 0 Å². The minimum atomic E-state index is -0.158. The van der Waals surface area contributed by atoms with Crippen LogP contribution in [0.2, 0.25) is 5.02 Å². The Morgan fingerprint density at radius 3 is 2.62 bits per heavy atom. The molecule has 3 rings (SSSR count). The summed E-state index contributed by atoms with van der Waals surface area (Å²) in [6.45, 7) is 6.30. The van der Waals surface area contributed by atoms with E-state index in [-0.39, 0.29) is 24.7 Å². The molecular weight excluding hydrogens is 432 g/mol. The number of hydrogen-bond donors (Lipinski definition) is 1. The molecule has 0 aromatic heterocycles. The Morgan fingerprint density at radius 2 is 1.84 bits per heavy atom. The number of amides is 2. The molecule has 1 N–H and O–H groups in total. The first-order valence-electron chi connectivity index (χ1n) is 10.9. The Kier molecular flexibility index (Phi) is 8.62. The molecule has 0 saturated carbocycles. The molecule has 2 amide bonds. The zero-order chi connectivity index (χ0) is 22.9. The van der Waals surface area contributed by atoms with E-state index in [0.717, 1.165) is 5.56 Å². The Labute approximate surface area is 193 Å². The van der Waals surface area contributed by atoms with Crippen molar-refractivity contribution in [3.8, 4) is 17.2 Å². The van der Waals surface area contributed by atoms with Gasteiger partial charge in [0.1, 0.15) is 12.4 Å². The van der Waals surface area contributed by atoms with Gasteiger partial charge in [0, 0.05) is 24.4 Å². The van der Waals surface area contributed by atoms with Crippen LogP contribution in [0.4, 0.5) is 5.69 Å². The fraction of sp³-hybridized carbons (Fsp3) is 0.417. The van der Waals surface area contributed by atoms with Crippen LogP contribution in [0, 0.1) is 0 Å². The molecule has 7 nitrogen and oxygen atoms in total. The molecule has 32 heavy (non-hydrogen) atoms. The van der Waals surface area contributed by atoms with Gasteiger partial charge in [-0.25, -0.2) is 0 Å². The Morgan fingerprint density at radius 1 is 1.06 bits per heavy atom. The summed E-state index contributed by atoms with van der Waals surface area (Å²) in [4.78, 5) is 26.6. The van der Waals surface area contributed by atoms with Gasteiger partial charge in [0.15, 0.2) is 11.5 Å². The Bertz CT molecular complexity index is 950. The summed E-state index contributed by atoms with van der Waals surface area (Å²) in [5.41, 5.74) is 1.69. The van der Waals surface area contributed by atoms with Crippen LogP contribution in [0.3, 0.4) is 0 Å². The molecule has 0 spiro atoms. The molecule has 0 atom stereocenters. The van der Waals surface area contributed by atoms with E-state index in [2.05, 4.69) is 5.32 Å². The fourth-order valence-electron chi connectivity index (χ4n) is 3.49. The number of nitrogens with one attached hydrogen (secondary N) is 1. The molecule has 1 aliphatic heterocycles. The topological polar surface area (TPSA) is 77.1 Å². The van der Waals surface area contributed by atoms with Crippen molar-refractivity contribution in [1.29, 1.82) is 0 Å². The van der Waals surface area contributed by atoms with Gasteiger partial charge in [-0.15, -0.1) is 0 Å². The highest BCUT2D eigenvalue weighted by Crippen LogP contribution is 2.34. The first-order valence-corrected chi connectivity index (χ1v) is 11.3. The molecule has 1 heterocycles. The third-order valence-corrected chi connectivity index (χ3v) is 5.23. The molecule has 0 bridgehead atoms. The summed E-state index contributed by atoms with van der Waals surface area (Å²) in [5.74, 6) is 1.76. The maximum absolute atomic E-state index is 12.7. The largest absolute Gasteiger partial charge is 0.490 e. The number of fused-ring (bicyclic) bond motifs is 1. The monoisotopic (exact) mass is 460 g/mol. The lowest BCUT2D eigenvalue weighted by atomic mass is 10.1. The van der Waals surface area contributed by atoms with Crippen LogP contribution in [0.25, 0.3) is 0 Å². The number of ether oxygens (including phenoxy) is 3. The molecule has 0 saturated heterocycles. The van der Waals surface area contributed by atoms with Crippen molar-refractivity contribution in [3.05, 3.63) is 47.0 Å². The lowest BCUT2D eigenvalue weighted by molar-refractivity contribution is -0.125. The quantitative estimate of drug-likeness (QED) is 0.579. The second-order valence-electron chi connectivity index (χ2n) is 7.25. The molecule has 2 aromatic carbocycles. The van der Waals surface area contributed by atoms with Gasteiger partial charge in [-0.3, -0.25) is 9.59 Å². The summed E-state index contributed by atoms with van der Waals surface area (Å²) >= 11 is 6.06. The van der Waals surface area contributed by atoms with Crippen molar-refractivity contribution < 1.29 is 23.8 Å². The van der Waals surface area contributed by atoms with Crippen LogP contribution in [-0.2, 0) is 16.0 Å². The number of carbonyl (C=O) groups is 2. The van der Waals surface area contributed by atoms with Crippen molar-refractivity contribution >= 4 is 29.1 Å². The lowest BCUT2D eigenvalue weighted by Crippen LogP contribution is -2.38. The molecule has 172 valence electrons. The van der Waals surface area contributed by atoms with Crippen LogP contribution in [0.5, 0.6) is 17.2 Å². The van der Waals surface area contributed by atoms with E-state index in [1.54, 1.807) is 23.1 Å². The number of anilines is 1. The van der Waals surface area contributed by atoms with Crippen LogP contribution < -0.4 is 24.4 Å². The Hall–Kier alpha value is -2.93. The second kappa shape index (κ2) is 11.6. The minimum absolute atomic E-state index is 0.120. The highest BCUT2D eigenvalue weighted by atomic mass is 35.5. The van der Waals surface area contributed by atoms with Gasteiger partial charge in [-0.1, -0.05) is 17.7 Å². The Balaban J connectivity index is 1.47. The maximum Gasteiger partial charge on any atom is 0.227 e. The van der Waals surface area contributed by atoms with Crippen LogP contribution in [0.1, 0.15) is 32.3 Å². The van der Waals surface area contributed by atoms with Gasteiger partial charge in [0.05, 0.1) is 25.4 Å². The first-order chi connectivity index (χ1) is 15.5. The smallest absolute Gasteiger partial charge is 0.227 e. The standard InChI is InChI=1S/C24H29ClN2O5/c1-3-30-21-7-5-17(15-22(21)31-4-2)11-12-26-23(28)9-10-24(29)27-13-14-32-20-8-6-18(25)16-19(20)27/h5-8,15-16H,3-4,9-14H2,1-2H3,(H,26,28). The van der Waals surface area contributed by atoms with E-state index < -0.39 is 0 Å². The van der Waals surface area contributed by atoms with Gasteiger partial charge in [0.25, 0.3) is 0 Å². The molecule has 0 radical (unpaired) electrons. The number of benzene rings is 2. The van der Waals surface area contributed by atoms with Crippen LogP contribution in [0.15, 0.2) is 36.4 Å². The molecule has 8 heteroatoms. The zero-order valence-electron chi connectivity index (χ0n) is 18.5. The van der Waals surface area contributed by atoms with Gasteiger partial charge in [-0.2, -0.15) is 0 Å². The fourth-order valence-corrected chi connectivity index (χ4v) is 3.66. The first kappa shape index (κ1) is 23.7. The molecule has 2 aromatic rings. The van der Waals surface area contributed by atoms with E-state index in [1.807, 2.05) is 32.0 Å².